The van der Waals surface area contributed by atoms with Gasteiger partial charge in [0.05, 0.1) is 0 Å². The van der Waals surface area contributed by atoms with Gasteiger partial charge in [-0.3, -0.25) is 0 Å². The van der Waals surface area contributed by atoms with Crippen LogP contribution in [0.25, 0.3) is 10.8 Å². The lowest BCUT2D eigenvalue weighted by Gasteiger charge is -2.10. The highest BCUT2D eigenvalue weighted by molar-refractivity contribution is 6.30. The first kappa shape index (κ1) is 22.4. The van der Waals surface area contributed by atoms with Crippen molar-refractivity contribution in [2.75, 3.05) is 0 Å². The third-order valence-corrected chi connectivity index (χ3v) is 6.22. The van der Waals surface area contributed by atoms with Crippen molar-refractivity contribution in [1.29, 1.82) is 0 Å². The molecule has 0 heterocycles. The minimum Gasteiger partial charge on any atom is -0.207 e. The van der Waals surface area contributed by atoms with Gasteiger partial charge < -0.3 is 0 Å². The highest BCUT2D eigenvalue weighted by Crippen LogP contribution is 2.25. The van der Waals surface area contributed by atoms with E-state index in [1.54, 1.807) is 6.07 Å². The van der Waals surface area contributed by atoms with Gasteiger partial charge in [-0.2, -0.15) is 0 Å². The Hall–Kier alpha value is -2.78. The van der Waals surface area contributed by atoms with Gasteiger partial charge in [0, 0.05) is 16.0 Å². The molecule has 0 radical (unpaired) electrons. The fourth-order valence-corrected chi connectivity index (χ4v) is 4.16. The zero-order valence-corrected chi connectivity index (χ0v) is 18.7. The molecular formula is C28H24ClF3. The summed E-state index contributed by atoms with van der Waals surface area (Å²) in [5, 5.41) is 2.04. The number of fused-ring (bicyclic) bond motifs is 1. The minimum absolute atomic E-state index is 0.103. The van der Waals surface area contributed by atoms with Crippen molar-refractivity contribution >= 4 is 22.4 Å². The van der Waals surface area contributed by atoms with Crippen molar-refractivity contribution in [1.82, 2.24) is 0 Å². The Bertz CT molecular complexity index is 1220. The van der Waals surface area contributed by atoms with E-state index < -0.39 is 11.6 Å². The van der Waals surface area contributed by atoms with Crippen LogP contribution in [-0.4, -0.2) is 0 Å². The smallest absolute Gasteiger partial charge is 0.134 e. The van der Waals surface area contributed by atoms with E-state index >= 15 is 4.39 Å². The van der Waals surface area contributed by atoms with Crippen LogP contribution in [0.15, 0.2) is 66.7 Å². The van der Waals surface area contributed by atoms with Crippen molar-refractivity contribution in [2.45, 2.75) is 39.0 Å². The van der Waals surface area contributed by atoms with E-state index in [2.05, 4.69) is 0 Å². The molecule has 0 spiro atoms. The first-order chi connectivity index (χ1) is 15.4. The van der Waals surface area contributed by atoms with Gasteiger partial charge in [-0.05, 0) is 84.0 Å². The lowest BCUT2D eigenvalue weighted by molar-refractivity contribution is 0.551. The standard InChI is InChI=1S/C28H24ClF3/c1-2-18-16-26(30)25(27(31)17-18)14-7-20-6-13-24-22(15-20)10-9-21(28(24)32)8-3-19-4-11-23(29)12-5-19/h4-6,9-13,15-17H,2-3,7-8,14H2,1H3. The number of aryl methyl sites for hydroxylation is 4. The van der Waals surface area contributed by atoms with Crippen LogP contribution in [0.5, 0.6) is 0 Å². The molecule has 4 aromatic rings. The van der Waals surface area contributed by atoms with Gasteiger partial charge >= 0.3 is 0 Å². The average molecular weight is 453 g/mol. The Morgan fingerprint density at radius 2 is 1.31 bits per heavy atom. The number of rotatable bonds is 7. The molecule has 0 aromatic heterocycles. The molecule has 32 heavy (non-hydrogen) atoms. The second-order valence-electron chi connectivity index (χ2n) is 8.11. The largest absolute Gasteiger partial charge is 0.207 e. The van der Waals surface area contributed by atoms with Crippen molar-refractivity contribution in [3.05, 3.63) is 117 Å². The summed E-state index contributed by atoms with van der Waals surface area (Å²) >= 11 is 5.92. The Balaban J connectivity index is 1.49. The minimum atomic E-state index is -0.501. The van der Waals surface area contributed by atoms with Gasteiger partial charge in [-0.15, -0.1) is 0 Å². The monoisotopic (exact) mass is 452 g/mol. The normalized spacial score (nSPS) is 11.3. The molecule has 164 valence electrons. The van der Waals surface area contributed by atoms with E-state index in [9.17, 15) is 8.78 Å². The SMILES string of the molecule is CCc1cc(F)c(CCc2ccc3c(F)c(CCc4ccc(Cl)cc4)ccc3c2)c(F)c1. The Kier molecular flexibility index (Phi) is 6.86. The first-order valence-electron chi connectivity index (χ1n) is 10.9. The molecule has 4 heteroatoms. The Morgan fingerprint density at radius 3 is 2.00 bits per heavy atom. The van der Waals surface area contributed by atoms with Gasteiger partial charge in [0.25, 0.3) is 0 Å². The van der Waals surface area contributed by atoms with Gasteiger partial charge in [-0.1, -0.05) is 61.0 Å². The van der Waals surface area contributed by atoms with Gasteiger partial charge in [-0.25, -0.2) is 13.2 Å². The van der Waals surface area contributed by atoms with Crippen LogP contribution in [0, 0.1) is 17.5 Å². The Labute approximate surface area is 191 Å². The average Bonchev–Trinajstić information content (AvgIpc) is 2.79. The predicted octanol–water partition coefficient (Wildman–Crippen LogP) is 8.04. The molecule has 0 atom stereocenters. The molecular weight excluding hydrogens is 429 g/mol. The van der Waals surface area contributed by atoms with Crippen LogP contribution in [0.4, 0.5) is 13.2 Å². The summed E-state index contributed by atoms with van der Waals surface area (Å²) in [6.07, 6.45) is 2.65. The molecule has 0 fully saturated rings. The zero-order valence-electron chi connectivity index (χ0n) is 17.9. The molecule has 0 aliphatic carbocycles. The van der Waals surface area contributed by atoms with Crippen molar-refractivity contribution in [3.8, 4) is 0 Å². The predicted molar refractivity (Wildman–Crippen MR) is 126 cm³/mol. The van der Waals surface area contributed by atoms with Crippen LogP contribution in [0.3, 0.4) is 0 Å². The summed E-state index contributed by atoms with van der Waals surface area (Å²) in [7, 11) is 0. The maximum absolute atomic E-state index is 15.1. The lowest BCUT2D eigenvalue weighted by Crippen LogP contribution is -2.01. The van der Waals surface area contributed by atoms with E-state index in [-0.39, 0.29) is 17.8 Å². The van der Waals surface area contributed by atoms with E-state index in [0.29, 0.717) is 40.8 Å². The molecule has 0 saturated heterocycles. The molecule has 4 rings (SSSR count). The second-order valence-corrected chi connectivity index (χ2v) is 8.55. The van der Waals surface area contributed by atoms with Gasteiger partial charge in [0.2, 0.25) is 0 Å². The Morgan fingerprint density at radius 1 is 0.656 bits per heavy atom. The second kappa shape index (κ2) is 9.79. The van der Waals surface area contributed by atoms with Gasteiger partial charge in [0.15, 0.2) is 0 Å². The summed E-state index contributed by atoms with van der Waals surface area (Å²) in [5.41, 5.74) is 3.45. The highest BCUT2D eigenvalue weighted by Gasteiger charge is 2.12. The molecule has 4 aromatic carbocycles. The number of hydrogen-bond acceptors (Lipinski definition) is 0. The summed E-state index contributed by atoms with van der Waals surface area (Å²) in [6, 6.07) is 19.6. The molecule has 0 unspecified atom stereocenters. The van der Waals surface area contributed by atoms with Gasteiger partial charge in [0.1, 0.15) is 17.5 Å². The maximum Gasteiger partial charge on any atom is 0.134 e. The first-order valence-corrected chi connectivity index (χ1v) is 11.2. The molecule has 0 bridgehead atoms. The van der Waals surface area contributed by atoms with E-state index in [4.69, 9.17) is 11.6 Å². The zero-order chi connectivity index (χ0) is 22.7. The summed E-state index contributed by atoms with van der Waals surface area (Å²) in [6.45, 7) is 1.87. The van der Waals surface area contributed by atoms with Crippen LogP contribution < -0.4 is 0 Å². The molecule has 0 saturated carbocycles. The molecule has 0 amide bonds. The summed E-state index contributed by atoms with van der Waals surface area (Å²) in [5.74, 6) is -1.21. The number of hydrogen-bond donors (Lipinski definition) is 0. The fourth-order valence-electron chi connectivity index (χ4n) is 4.03. The van der Waals surface area contributed by atoms with E-state index in [1.807, 2.05) is 55.5 Å². The summed E-state index contributed by atoms with van der Waals surface area (Å²) in [4.78, 5) is 0. The third-order valence-electron chi connectivity index (χ3n) is 5.97. The van der Waals surface area contributed by atoms with E-state index in [0.717, 1.165) is 22.9 Å². The lowest BCUT2D eigenvalue weighted by atomic mass is 9.97. The topological polar surface area (TPSA) is 0 Å². The molecule has 0 aliphatic heterocycles. The van der Waals surface area contributed by atoms with E-state index in [1.165, 1.54) is 12.1 Å². The molecule has 0 aliphatic rings. The van der Waals surface area contributed by atoms with Crippen molar-refractivity contribution in [2.24, 2.45) is 0 Å². The number of halogens is 4. The van der Waals surface area contributed by atoms with Crippen LogP contribution in [0.2, 0.25) is 5.02 Å². The molecule has 0 N–H and O–H groups in total. The highest BCUT2D eigenvalue weighted by atomic mass is 35.5. The quantitative estimate of drug-likeness (QED) is 0.266. The van der Waals surface area contributed by atoms with Crippen molar-refractivity contribution < 1.29 is 13.2 Å². The molecule has 0 nitrogen and oxygen atoms in total. The third kappa shape index (κ3) is 4.99. The summed E-state index contributed by atoms with van der Waals surface area (Å²) < 4.78 is 43.6. The van der Waals surface area contributed by atoms with Crippen LogP contribution in [0.1, 0.15) is 34.7 Å². The van der Waals surface area contributed by atoms with Crippen LogP contribution >= 0.6 is 11.6 Å². The van der Waals surface area contributed by atoms with Crippen LogP contribution in [-0.2, 0) is 32.1 Å². The van der Waals surface area contributed by atoms with Crippen molar-refractivity contribution in [3.63, 3.8) is 0 Å². The fraction of sp³-hybridized carbons (Fsp3) is 0.214. The number of benzene rings is 4. The maximum atomic E-state index is 15.1.